The molecule has 0 aliphatic heterocycles. The lowest BCUT2D eigenvalue weighted by Crippen LogP contribution is -2.37. The van der Waals surface area contributed by atoms with Gasteiger partial charge in [0.1, 0.15) is 0 Å². The molecular formula is C13H22O4. The smallest absolute Gasteiger partial charge is 0.327 e. The largest absolute Gasteiger partial charge is 0.465 e. The summed E-state index contributed by atoms with van der Waals surface area (Å²) in [6.45, 7) is 9.33. The van der Waals surface area contributed by atoms with Gasteiger partial charge in [-0.1, -0.05) is 26.0 Å². The molecule has 0 unspecified atom stereocenters. The second kappa shape index (κ2) is 7.09. The lowest BCUT2D eigenvalue weighted by molar-refractivity contribution is -0.166. The summed E-state index contributed by atoms with van der Waals surface area (Å²) in [5, 5.41) is 0. The van der Waals surface area contributed by atoms with E-state index in [0.717, 1.165) is 0 Å². The molecule has 17 heavy (non-hydrogen) atoms. The first-order valence-corrected chi connectivity index (χ1v) is 5.92. The summed E-state index contributed by atoms with van der Waals surface area (Å²) in [6.07, 6.45) is 3.36. The standard InChI is InChI=1S/C13H22O4/c1-6-16-11(14)13(5,9-8-10(3)4)12(15)17-7-2/h8-10H,6-7H2,1-5H3/b9-8+. The van der Waals surface area contributed by atoms with Gasteiger partial charge in [0.2, 0.25) is 0 Å². The third kappa shape index (κ3) is 4.59. The molecule has 4 heteroatoms. The van der Waals surface area contributed by atoms with Gasteiger partial charge in [0.05, 0.1) is 13.2 Å². The van der Waals surface area contributed by atoms with Crippen molar-refractivity contribution in [2.75, 3.05) is 13.2 Å². The van der Waals surface area contributed by atoms with Crippen LogP contribution in [-0.4, -0.2) is 25.2 Å². The van der Waals surface area contributed by atoms with Crippen LogP contribution in [0.15, 0.2) is 12.2 Å². The Morgan fingerprint density at radius 3 is 1.82 bits per heavy atom. The minimum absolute atomic E-state index is 0.239. The molecular weight excluding hydrogens is 220 g/mol. The molecule has 0 saturated heterocycles. The van der Waals surface area contributed by atoms with Crippen LogP contribution in [0.5, 0.6) is 0 Å². The Morgan fingerprint density at radius 2 is 1.53 bits per heavy atom. The fourth-order valence-electron chi connectivity index (χ4n) is 1.17. The number of hydrogen-bond donors (Lipinski definition) is 0. The van der Waals surface area contributed by atoms with Crippen molar-refractivity contribution in [2.45, 2.75) is 34.6 Å². The van der Waals surface area contributed by atoms with Crippen molar-refractivity contribution < 1.29 is 19.1 Å². The summed E-state index contributed by atoms with van der Waals surface area (Å²) in [6, 6.07) is 0. The van der Waals surface area contributed by atoms with E-state index in [1.165, 1.54) is 6.92 Å². The first kappa shape index (κ1) is 15.7. The minimum Gasteiger partial charge on any atom is -0.465 e. The van der Waals surface area contributed by atoms with E-state index in [4.69, 9.17) is 9.47 Å². The average molecular weight is 242 g/mol. The van der Waals surface area contributed by atoms with Crippen molar-refractivity contribution >= 4 is 11.9 Å². The Labute approximate surface area is 103 Å². The summed E-state index contributed by atoms with van der Waals surface area (Å²) in [4.78, 5) is 23.6. The van der Waals surface area contributed by atoms with Crippen molar-refractivity contribution in [1.82, 2.24) is 0 Å². The third-order valence-electron chi connectivity index (χ3n) is 2.21. The molecule has 0 atom stereocenters. The van der Waals surface area contributed by atoms with Gasteiger partial charge >= 0.3 is 11.9 Å². The van der Waals surface area contributed by atoms with Gasteiger partial charge in [0.15, 0.2) is 5.41 Å². The summed E-state index contributed by atoms with van der Waals surface area (Å²) >= 11 is 0. The van der Waals surface area contributed by atoms with Crippen LogP contribution in [0.3, 0.4) is 0 Å². The third-order valence-corrected chi connectivity index (χ3v) is 2.21. The zero-order valence-corrected chi connectivity index (χ0v) is 11.3. The maximum Gasteiger partial charge on any atom is 0.327 e. The van der Waals surface area contributed by atoms with Crippen molar-refractivity contribution in [3.63, 3.8) is 0 Å². The van der Waals surface area contributed by atoms with Gasteiger partial charge in [-0.05, 0) is 26.7 Å². The first-order chi connectivity index (χ1) is 7.88. The molecule has 0 aliphatic carbocycles. The van der Waals surface area contributed by atoms with Crippen molar-refractivity contribution in [1.29, 1.82) is 0 Å². The minimum atomic E-state index is -1.35. The summed E-state index contributed by atoms with van der Waals surface area (Å²) in [7, 11) is 0. The molecule has 0 amide bonds. The highest BCUT2D eigenvalue weighted by Gasteiger charge is 2.41. The van der Waals surface area contributed by atoms with E-state index in [0.29, 0.717) is 0 Å². The predicted octanol–water partition coefficient (Wildman–Crippen LogP) is 2.33. The van der Waals surface area contributed by atoms with Gasteiger partial charge in [-0.2, -0.15) is 0 Å². The summed E-state index contributed by atoms with van der Waals surface area (Å²) in [5.41, 5.74) is -1.35. The fourth-order valence-corrected chi connectivity index (χ4v) is 1.17. The molecule has 0 bridgehead atoms. The molecule has 0 aromatic heterocycles. The Bertz CT molecular complexity index is 274. The van der Waals surface area contributed by atoms with Gasteiger partial charge in [0, 0.05) is 0 Å². The monoisotopic (exact) mass is 242 g/mol. The molecule has 0 spiro atoms. The molecule has 0 fully saturated rings. The Balaban J connectivity index is 5.05. The van der Waals surface area contributed by atoms with Crippen LogP contribution >= 0.6 is 0 Å². The van der Waals surface area contributed by atoms with E-state index in [2.05, 4.69) is 0 Å². The van der Waals surface area contributed by atoms with Crippen LogP contribution in [0.1, 0.15) is 34.6 Å². The molecule has 0 aromatic carbocycles. The molecule has 0 heterocycles. The molecule has 0 N–H and O–H groups in total. The van der Waals surface area contributed by atoms with Crippen LogP contribution in [-0.2, 0) is 19.1 Å². The number of ether oxygens (including phenoxy) is 2. The number of carbonyl (C=O) groups excluding carboxylic acids is 2. The fraction of sp³-hybridized carbons (Fsp3) is 0.692. The van der Waals surface area contributed by atoms with Gasteiger partial charge in [-0.3, -0.25) is 9.59 Å². The van der Waals surface area contributed by atoms with E-state index < -0.39 is 17.4 Å². The van der Waals surface area contributed by atoms with Crippen molar-refractivity contribution in [3.8, 4) is 0 Å². The highest BCUT2D eigenvalue weighted by atomic mass is 16.6. The van der Waals surface area contributed by atoms with Crippen molar-refractivity contribution in [2.24, 2.45) is 11.3 Å². The zero-order valence-electron chi connectivity index (χ0n) is 11.3. The molecule has 4 nitrogen and oxygen atoms in total. The van der Waals surface area contributed by atoms with Crippen LogP contribution < -0.4 is 0 Å². The molecule has 0 radical (unpaired) electrons. The normalized spacial score (nSPS) is 11.9. The van der Waals surface area contributed by atoms with Gasteiger partial charge < -0.3 is 9.47 Å². The van der Waals surface area contributed by atoms with Crippen LogP contribution in [0.4, 0.5) is 0 Å². The second-order valence-electron chi connectivity index (χ2n) is 4.25. The number of esters is 2. The average Bonchev–Trinajstić information content (AvgIpc) is 2.26. The molecule has 0 aliphatic rings. The Hall–Kier alpha value is -1.32. The SMILES string of the molecule is CCOC(=O)C(C)(/C=C/C(C)C)C(=O)OCC. The van der Waals surface area contributed by atoms with Gasteiger partial charge in [-0.15, -0.1) is 0 Å². The predicted molar refractivity (Wildman–Crippen MR) is 65.4 cm³/mol. The van der Waals surface area contributed by atoms with Crippen molar-refractivity contribution in [3.05, 3.63) is 12.2 Å². The molecule has 0 aromatic rings. The van der Waals surface area contributed by atoms with E-state index in [1.807, 2.05) is 13.8 Å². The van der Waals surface area contributed by atoms with E-state index >= 15 is 0 Å². The van der Waals surface area contributed by atoms with E-state index in [-0.39, 0.29) is 19.1 Å². The highest BCUT2D eigenvalue weighted by molar-refractivity contribution is 6.01. The highest BCUT2D eigenvalue weighted by Crippen LogP contribution is 2.24. The number of rotatable bonds is 6. The van der Waals surface area contributed by atoms with Gasteiger partial charge in [0.25, 0.3) is 0 Å². The van der Waals surface area contributed by atoms with E-state index in [1.54, 1.807) is 26.0 Å². The summed E-state index contributed by atoms with van der Waals surface area (Å²) in [5.74, 6) is -0.899. The molecule has 0 saturated carbocycles. The topological polar surface area (TPSA) is 52.6 Å². The second-order valence-corrected chi connectivity index (χ2v) is 4.25. The Morgan fingerprint density at radius 1 is 1.12 bits per heavy atom. The molecule has 98 valence electrons. The maximum atomic E-state index is 11.8. The number of hydrogen-bond acceptors (Lipinski definition) is 4. The van der Waals surface area contributed by atoms with Gasteiger partial charge in [-0.25, -0.2) is 0 Å². The quantitative estimate of drug-likeness (QED) is 0.407. The van der Waals surface area contributed by atoms with Crippen LogP contribution in [0.2, 0.25) is 0 Å². The lowest BCUT2D eigenvalue weighted by Gasteiger charge is -2.21. The molecule has 0 rings (SSSR count). The van der Waals surface area contributed by atoms with E-state index in [9.17, 15) is 9.59 Å². The Kier molecular flexibility index (Phi) is 6.54. The van der Waals surface area contributed by atoms with Crippen LogP contribution in [0.25, 0.3) is 0 Å². The maximum absolute atomic E-state index is 11.8. The van der Waals surface area contributed by atoms with Crippen LogP contribution in [0, 0.1) is 11.3 Å². The first-order valence-electron chi connectivity index (χ1n) is 5.92. The number of allylic oxidation sites excluding steroid dienone is 1. The lowest BCUT2D eigenvalue weighted by atomic mass is 9.89. The number of carbonyl (C=O) groups is 2. The summed E-state index contributed by atoms with van der Waals surface area (Å²) < 4.78 is 9.83. The zero-order chi connectivity index (χ0) is 13.5.